The average molecular weight is 217 g/mol. The Bertz CT molecular complexity index is 381. The summed E-state index contributed by atoms with van der Waals surface area (Å²) in [5, 5.41) is 0. The van der Waals surface area contributed by atoms with Crippen LogP contribution in [0.1, 0.15) is 44.7 Å². The van der Waals surface area contributed by atoms with Crippen LogP contribution in [-0.4, -0.2) is 0 Å². The molecule has 0 unspecified atom stereocenters. The number of rotatable bonds is 1. The van der Waals surface area contributed by atoms with Crippen LogP contribution in [0.5, 0.6) is 0 Å². The maximum Gasteiger partial charge on any atom is 0.0415 e. The van der Waals surface area contributed by atoms with Crippen molar-refractivity contribution in [3.8, 4) is 0 Å². The maximum absolute atomic E-state index is 6.48. The van der Waals surface area contributed by atoms with Crippen molar-refractivity contribution in [1.82, 2.24) is 0 Å². The van der Waals surface area contributed by atoms with Gasteiger partial charge in [0.25, 0.3) is 0 Å². The zero-order chi connectivity index (χ0) is 12.0. The van der Waals surface area contributed by atoms with E-state index in [9.17, 15) is 0 Å². The third-order valence-electron chi connectivity index (χ3n) is 4.04. The molecule has 0 aliphatic heterocycles. The summed E-state index contributed by atoms with van der Waals surface area (Å²) in [7, 11) is 0. The van der Waals surface area contributed by atoms with Crippen molar-refractivity contribution in [2.24, 2.45) is 17.1 Å². The molecule has 1 aromatic carbocycles. The van der Waals surface area contributed by atoms with Crippen LogP contribution in [0, 0.1) is 18.3 Å². The van der Waals surface area contributed by atoms with E-state index in [4.69, 9.17) is 5.73 Å². The van der Waals surface area contributed by atoms with Crippen LogP contribution in [-0.2, 0) is 5.54 Å². The molecule has 2 rings (SSSR count). The predicted molar refractivity (Wildman–Crippen MR) is 69.2 cm³/mol. The van der Waals surface area contributed by atoms with Crippen LogP contribution in [0.2, 0.25) is 0 Å². The van der Waals surface area contributed by atoms with E-state index >= 15 is 0 Å². The Hall–Kier alpha value is -0.820. The van der Waals surface area contributed by atoms with Gasteiger partial charge < -0.3 is 5.73 Å². The summed E-state index contributed by atoms with van der Waals surface area (Å²) in [6, 6.07) is 8.65. The second-order valence-corrected chi connectivity index (χ2v) is 6.50. The van der Waals surface area contributed by atoms with Crippen molar-refractivity contribution in [3.05, 3.63) is 35.4 Å². The van der Waals surface area contributed by atoms with E-state index in [1.165, 1.54) is 11.1 Å². The van der Waals surface area contributed by atoms with E-state index in [1.54, 1.807) is 0 Å². The highest BCUT2D eigenvalue weighted by atomic mass is 14.8. The minimum Gasteiger partial charge on any atom is -0.321 e. The van der Waals surface area contributed by atoms with Crippen LogP contribution in [0.4, 0.5) is 0 Å². The van der Waals surface area contributed by atoms with Crippen molar-refractivity contribution in [3.63, 3.8) is 0 Å². The molecule has 1 fully saturated rings. The molecular weight excluding hydrogens is 194 g/mol. The number of hydrogen-bond donors (Lipinski definition) is 1. The molecule has 1 nitrogen and oxygen atoms in total. The molecule has 0 heterocycles. The van der Waals surface area contributed by atoms with Crippen LogP contribution >= 0.6 is 0 Å². The van der Waals surface area contributed by atoms with E-state index in [2.05, 4.69) is 52.0 Å². The minimum atomic E-state index is -0.0655. The Morgan fingerprint density at radius 3 is 2.38 bits per heavy atom. The Labute approximate surface area is 99.0 Å². The largest absolute Gasteiger partial charge is 0.321 e. The van der Waals surface area contributed by atoms with E-state index in [1.807, 2.05) is 0 Å². The van der Waals surface area contributed by atoms with Crippen molar-refractivity contribution < 1.29 is 0 Å². The zero-order valence-electron chi connectivity index (χ0n) is 10.9. The fraction of sp³-hybridized carbons (Fsp3) is 0.600. The highest BCUT2D eigenvalue weighted by Gasteiger charge is 2.46. The number of nitrogens with two attached hydrogens (primary N) is 1. The van der Waals surface area contributed by atoms with Crippen molar-refractivity contribution in [1.29, 1.82) is 0 Å². The fourth-order valence-corrected chi connectivity index (χ4v) is 2.62. The first-order valence-corrected chi connectivity index (χ1v) is 6.17. The maximum atomic E-state index is 6.48. The number of hydrogen-bond acceptors (Lipinski definition) is 1. The summed E-state index contributed by atoms with van der Waals surface area (Å²) in [5.74, 6) is 0.762. The molecule has 1 aliphatic rings. The monoisotopic (exact) mass is 217 g/mol. The average Bonchev–Trinajstić information content (AvgIpc) is 2.11. The predicted octanol–water partition coefficient (Wildman–Crippen LogP) is 3.61. The topological polar surface area (TPSA) is 26.0 Å². The van der Waals surface area contributed by atoms with Gasteiger partial charge in [0, 0.05) is 5.54 Å². The quantitative estimate of drug-likeness (QED) is 0.764. The summed E-state index contributed by atoms with van der Waals surface area (Å²) in [5.41, 5.74) is 9.43. The lowest BCUT2D eigenvalue weighted by Crippen LogP contribution is -2.52. The highest BCUT2D eigenvalue weighted by molar-refractivity contribution is 5.31. The molecule has 0 spiro atoms. The van der Waals surface area contributed by atoms with Crippen LogP contribution < -0.4 is 5.73 Å². The first-order valence-electron chi connectivity index (χ1n) is 6.17. The van der Waals surface area contributed by atoms with Gasteiger partial charge in [-0.25, -0.2) is 0 Å². The second-order valence-electron chi connectivity index (χ2n) is 6.50. The van der Waals surface area contributed by atoms with Gasteiger partial charge >= 0.3 is 0 Å². The lowest BCUT2D eigenvalue weighted by molar-refractivity contribution is 0.0489. The van der Waals surface area contributed by atoms with Gasteiger partial charge in [-0.2, -0.15) is 0 Å². The van der Waals surface area contributed by atoms with Gasteiger partial charge in [-0.05, 0) is 36.7 Å². The van der Waals surface area contributed by atoms with E-state index in [0.717, 1.165) is 18.8 Å². The third kappa shape index (κ3) is 2.01. The van der Waals surface area contributed by atoms with Gasteiger partial charge in [-0.1, -0.05) is 50.6 Å². The van der Waals surface area contributed by atoms with Crippen molar-refractivity contribution in [2.75, 3.05) is 0 Å². The number of aryl methyl sites for hydroxylation is 1. The Morgan fingerprint density at radius 2 is 1.88 bits per heavy atom. The Balaban J connectivity index is 2.14. The van der Waals surface area contributed by atoms with Gasteiger partial charge in [-0.15, -0.1) is 0 Å². The van der Waals surface area contributed by atoms with E-state index < -0.39 is 0 Å². The summed E-state index contributed by atoms with van der Waals surface area (Å²) in [6.45, 7) is 9.07. The Kier molecular flexibility index (Phi) is 2.62. The summed E-state index contributed by atoms with van der Waals surface area (Å²) < 4.78 is 0. The van der Waals surface area contributed by atoms with Crippen LogP contribution in [0.15, 0.2) is 24.3 Å². The Morgan fingerprint density at radius 1 is 1.25 bits per heavy atom. The molecule has 1 heteroatoms. The smallest absolute Gasteiger partial charge is 0.0415 e. The summed E-state index contributed by atoms with van der Waals surface area (Å²) in [6.07, 6.45) is 2.25. The van der Waals surface area contributed by atoms with Gasteiger partial charge in [0.15, 0.2) is 0 Å². The van der Waals surface area contributed by atoms with Crippen LogP contribution in [0.25, 0.3) is 0 Å². The molecule has 0 atom stereocenters. The second kappa shape index (κ2) is 3.59. The molecule has 2 N–H and O–H groups in total. The van der Waals surface area contributed by atoms with Crippen molar-refractivity contribution in [2.45, 2.75) is 46.1 Å². The molecule has 16 heavy (non-hydrogen) atoms. The lowest BCUT2D eigenvalue weighted by atomic mass is 9.57. The molecule has 0 amide bonds. The van der Waals surface area contributed by atoms with Gasteiger partial charge in [0.1, 0.15) is 0 Å². The first kappa shape index (κ1) is 11.7. The SMILES string of the molecule is Cc1cccc(C2(N)CC(C(C)(C)C)C2)c1. The lowest BCUT2D eigenvalue weighted by Gasteiger charge is -2.51. The minimum absolute atomic E-state index is 0.0655. The third-order valence-corrected chi connectivity index (χ3v) is 4.04. The summed E-state index contributed by atoms with van der Waals surface area (Å²) in [4.78, 5) is 0. The van der Waals surface area contributed by atoms with Gasteiger partial charge in [0.05, 0.1) is 0 Å². The van der Waals surface area contributed by atoms with E-state index in [0.29, 0.717) is 5.41 Å². The molecule has 1 saturated carbocycles. The van der Waals surface area contributed by atoms with Crippen molar-refractivity contribution >= 4 is 0 Å². The molecule has 0 aromatic heterocycles. The van der Waals surface area contributed by atoms with Gasteiger partial charge in [0.2, 0.25) is 0 Å². The fourth-order valence-electron chi connectivity index (χ4n) is 2.62. The molecule has 0 bridgehead atoms. The molecular formula is C15H23N. The zero-order valence-corrected chi connectivity index (χ0v) is 10.9. The molecule has 0 radical (unpaired) electrons. The van der Waals surface area contributed by atoms with Crippen LogP contribution in [0.3, 0.4) is 0 Å². The number of benzene rings is 1. The summed E-state index contributed by atoms with van der Waals surface area (Å²) >= 11 is 0. The van der Waals surface area contributed by atoms with Gasteiger partial charge in [-0.3, -0.25) is 0 Å². The van der Waals surface area contributed by atoms with E-state index in [-0.39, 0.29) is 5.54 Å². The standard InChI is InChI=1S/C15H23N/c1-11-6-5-7-12(8-11)15(16)9-13(10-15)14(2,3)4/h5-8,13H,9-10,16H2,1-4H3. The highest BCUT2D eigenvalue weighted by Crippen LogP contribution is 2.51. The molecule has 88 valence electrons. The molecule has 1 aliphatic carbocycles. The molecule has 0 saturated heterocycles. The first-order chi connectivity index (χ1) is 7.31. The molecule has 1 aromatic rings. The normalized spacial score (nSPS) is 29.9.